The first-order valence-electron chi connectivity index (χ1n) is 8.77. The molecule has 3 aliphatic rings. The number of aryl methyl sites for hydroxylation is 2. The van der Waals surface area contributed by atoms with E-state index >= 15 is 0 Å². The first-order chi connectivity index (χ1) is 10.5. The fourth-order valence-corrected chi connectivity index (χ4v) is 6.08. The highest BCUT2D eigenvalue weighted by Crippen LogP contribution is 2.63. The molecule has 0 spiro atoms. The Hall–Kier alpha value is -1.33. The predicted molar refractivity (Wildman–Crippen MR) is 88.3 cm³/mol. The molecule has 22 heavy (non-hydrogen) atoms. The Labute approximate surface area is 133 Å². The number of nitrogens with two attached hydrogens (primary N) is 1. The molecule has 2 N–H and O–H groups in total. The van der Waals surface area contributed by atoms with E-state index in [1.54, 1.807) is 0 Å². The Kier molecular flexibility index (Phi) is 2.97. The minimum Gasteiger partial charge on any atom is -0.324 e. The molecule has 2 saturated carbocycles. The van der Waals surface area contributed by atoms with Gasteiger partial charge >= 0.3 is 0 Å². The number of rotatable bonds is 0. The standard InChI is InChI=1S/C20H26N2/c1-13-3-5-16-14(11-13)7-10-20(22)17(16)8-9-19(2)15(12-21)4-6-18(19)20/h3,5,11,15,17-18H,4,6-10,22H2,1-2H3. The van der Waals surface area contributed by atoms with Gasteiger partial charge in [0.2, 0.25) is 0 Å². The van der Waals surface area contributed by atoms with Crippen molar-refractivity contribution in [1.29, 1.82) is 5.26 Å². The monoisotopic (exact) mass is 294 g/mol. The normalized spacial score (nSPS) is 42.9. The first kappa shape index (κ1) is 14.3. The van der Waals surface area contributed by atoms with Crippen molar-refractivity contribution in [3.05, 3.63) is 34.9 Å². The Morgan fingerprint density at radius 1 is 1.23 bits per heavy atom. The van der Waals surface area contributed by atoms with Crippen LogP contribution in [0.3, 0.4) is 0 Å². The van der Waals surface area contributed by atoms with Crippen LogP contribution in [0.5, 0.6) is 0 Å². The minimum absolute atomic E-state index is 0.0964. The molecule has 1 aromatic rings. The molecule has 5 atom stereocenters. The molecule has 3 aliphatic carbocycles. The predicted octanol–water partition coefficient (Wildman–Crippen LogP) is 4.07. The average molecular weight is 294 g/mol. The third-order valence-corrected chi connectivity index (χ3v) is 7.26. The number of nitriles is 1. The lowest BCUT2D eigenvalue weighted by atomic mass is 9.50. The van der Waals surface area contributed by atoms with Crippen molar-refractivity contribution in [3.63, 3.8) is 0 Å². The van der Waals surface area contributed by atoms with E-state index in [4.69, 9.17) is 5.73 Å². The number of nitrogens with zero attached hydrogens (tertiary/aromatic N) is 1. The van der Waals surface area contributed by atoms with Crippen LogP contribution in [0.4, 0.5) is 0 Å². The lowest BCUT2D eigenvalue weighted by Gasteiger charge is -2.56. The molecule has 0 radical (unpaired) electrons. The van der Waals surface area contributed by atoms with Gasteiger partial charge in [-0.25, -0.2) is 0 Å². The van der Waals surface area contributed by atoms with E-state index in [9.17, 15) is 5.26 Å². The summed E-state index contributed by atoms with van der Waals surface area (Å²) in [5, 5.41) is 9.55. The Morgan fingerprint density at radius 3 is 2.82 bits per heavy atom. The highest BCUT2D eigenvalue weighted by atomic mass is 14.8. The zero-order valence-electron chi connectivity index (χ0n) is 13.7. The highest BCUT2D eigenvalue weighted by Gasteiger charge is 2.60. The molecule has 0 aromatic heterocycles. The van der Waals surface area contributed by atoms with Crippen molar-refractivity contribution >= 4 is 0 Å². The van der Waals surface area contributed by atoms with Gasteiger partial charge in [0.1, 0.15) is 0 Å². The maximum atomic E-state index is 9.55. The Balaban J connectivity index is 1.77. The van der Waals surface area contributed by atoms with E-state index in [0.29, 0.717) is 11.8 Å². The van der Waals surface area contributed by atoms with Gasteiger partial charge in [-0.2, -0.15) is 5.26 Å². The fraction of sp³-hybridized carbons (Fsp3) is 0.650. The van der Waals surface area contributed by atoms with Crippen LogP contribution in [0, 0.1) is 35.5 Å². The van der Waals surface area contributed by atoms with Gasteiger partial charge in [0.25, 0.3) is 0 Å². The van der Waals surface area contributed by atoms with Crippen LogP contribution in [0.1, 0.15) is 61.6 Å². The number of hydrogen-bond acceptors (Lipinski definition) is 2. The number of hydrogen-bond donors (Lipinski definition) is 1. The topological polar surface area (TPSA) is 49.8 Å². The third kappa shape index (κ3) is 1.69. The van der Waals surface area contributed by atoms with Crippen LogP contribution in [0.15, 0.2) is 18.2 Å². The molecule has 0 heterocycles. The van der Waals surface area contributed by atoms with Gasteiger partial charge in [-0.05, 0) is 67.9 Å². The van der Waals surface area contributed by atoms with Crippen LogP contribution in [-0.2, 0) is 6.42 Å². The molecule has 0 amide bonds. The lowest BCUT2D eigenvalue weighted by molar-refractivity contribution is 0.0195. The molecular weight excluding hydrogens is 268 g/mol. The van der Waals surface area contributed by atoms with Crippen molar-refractivity contribution in [3.8, 4) is 6.07 Å². The summed E-state index contributed by atoms with van der Waals surface area (Å²) in [5.41, 5.74) is 11.5. The molecule has 1 aromatic carbocycles. The Bertz CT molecular complexity index is 658. The second-order valence-electron chi connectivity index (χ2n) is 8.22. The molecule has 5 unspecified atom stereocenters. The maximum absolute atomic E-state index is 9.55. The van der Waals surface area contributed by atoms with E-state index < -0.39 is 0 Å². The molecule has 2 heteroatoms. The summed E-state index contributed by atoms with van der Waals surface area (Å²) < 4.78 is 0. The summed E-state index contributed by atoms with van der Waals surface area (Å²) in [5.74, 6) is 1.21. The first-order valence-corrected chi connectivity index (χ1v) is 8.77. The second-order valence-corrected chi connectivity index (χ2v) is 8.22. The number of benzene rings is 1. The van der Waals surface area contributed by atoms with Crippen LogP contribution in [0.25, 0.3) is 0 Å². The van der Waals surface area contributed by atoms with Gasteiger partial charge in [-0.1, -0.05) is 30.7 Å². The van der Waals surface area contributed by atoms with Gasteiger partial charge < -0.3 is 5.73 Å². The van der Waals surface area contributed by atoms with E-state index in [1.807, 2.05) is 0 Å². The fourth-order valence-electron chi connectivity index (χ4n) is 6.08. The SMILES string of the molecule is Cc1ccc2c(c1)CCC1(N)C2CCC2(C)C(C#N)CCC21. The maximum Gasteiger partial charge on any atom is 0.0661 e. The molecular formula is C20H26N2. The van der Waals surface area contributed by atoms with Gasteiger partial charge in [0.15, 0.2) is 0 Å². The Morgan fingerprint density at radius 2 is 2.05 bits per heavy atom. The van der Waals surface area contributed by atoms with Crippen molar-refractivity contribution in [2.45, 2.75) is 63.8 Å². The van der Waals surface area contributed by atoms with Crippen molar-refractivity contribution < 1.29 is 0 Å². The van der Waals surface area contributed by atoms with E-state index in [2.05, 4.69) is 38.1 Å². The van der Waals surface area contributed by atoms with Crippen molar-refractivity contribution in [2.24, 2.45) is 23.0 Å². The van der Waals surface area contributed by atoms with E-state index in [0.717, 1.165) is 38.5 Å². The highest BCUT2D eigenvalue weighted by molar-refractivity contribution is 5.41. The zero-order valence-corrected chi connectivity index (χ0v) is 13.7. The van der Waals surface area contributed by atoms with E-state index in [-0.39, 0.29) is 16.9 Å². The van der Waals surface area contributed by atoms with Crippen molar-refractivity contribution in [1.82, 2.24) is 0 Å². The van der Waals surface area contributed by atoms with Crippen molar-refractivity contribution in [2.75, 3.05) is 0 Å². The molecule has 2 fully saturated rings. The van der Waals surface area contributed by atoms with Gasteiger partial charge in [-0.15, -0.1) is 0 Å². The summed E-state index contributed by atoms with van der Waals surface area (Å²) in [7, 11) is 0. The molecule has 0 bridgehead atoms. The van der Waals surface area contributed by atoms with Crippen LogP contribution in [0.2, 0.25) is 0 Å². The van der Waals surface area contributed by atoms with Crippen LogP contribution in [-0.4, -0.2) is 5.54 Å². The summed E-state index contributed by atoms with van der Waals surface area (Å²) in [4.78, 5) is 0. The van der Waals surface area contributed by atoms with Crippen LogP contribution >= 0.6 is 0 Å². The minimum atomic E-state index is -0.0964. The summed E-state index contributed by atoms with van der Waals surface area (Å²) in [6, 6.07) is 9.51. The largest absolute Gasteiger partial charge is 0.324 e. The smallest absolute Gasteiger partial charge is 0.0661 e. The van der Waals surface area contributed by atoms with E-state index in [1.165, 1.54) is 16.7 Å². The second kappa shape index (κ2) is 4.59. The molecule has 116 valence electrons. The van der Waals surface area contributed by atoms with Gasteiger partial charge in [0, 0.05) is 11.5 Å². The zero-order chi connectivity index (χ0) is 15.5. The summed E-state index contributed by atoms with van der Waals surface area (Å²) >= 11 is 0. The number of fused-ring (bicyclic) bond motifs is 5. The molecule has 4 rings (SSSR count). The molecule has 2 nitrogen and oxygen atoms in total. The summed E-state index contributed by atoms with van der Waals surface area (Å²) in [6.45, 7) is 4.52. The van der Waals surface area contributed by atoms with Gasteiger partial charge in [-0.3, -0.25) is 0 Å². The lowest BCUT2D eigenvalue weighted by Crippen LogP contribution is -2.61. The summed E-state index contributed by atoms with van der Waals surface area (Å²) in [6.07, 6.45) is 6.69. The van der Waals surface area contributed by atoms with Gasteiger partial charge in [0.05, 0.1) is 12.0 Å². The quantitative estimate of drug-likeness (QED) is 0.784. The average Bonchev–Trinajstić information content (AvgIpc) is 2.84. The van der Waals surface area contributed by atoms with Crippen LogP contribution < -0.4 is 5.73 Å². The third-order valence-electron chi connectivity index (χ3n) is 7.26. The molecule has 0 saturated heterocycles. The molecule has 0 aliphatic heterocycles.